The summed E-state index contributed by atoms with van der Waals surface area (Å²) in [4.78, 5) is 26.0. The Morgan fingerprint density at radius 3 is 2.54 bits per heavy atom. The maximum absolute atomic E-state index is 12.6. The van der Waals surface area contributed by atoms with E-state index in [1.165, 1.54) is 4.90 Å². The summed E-state index contributed by atoms with van der Waals surface area (Å²) in [5, 5.41) is 8.77. The number of esters is 1. The maximum atomic E-state index is 12.6. The van der Waals surface area contributed by atoms with Crippen LogP contribution in [0.2, 0.25) is 0 Å². The van der Waals surface area contributed by atoms with Gasteiger partial charge in [-0.3, -0.25) is 9.69 Å². The maximum Gasteiger partial charge on any atom is 0.410 e. The molecule has 1 aliphatic heterocycles. The van der Waals surface area contributed by atoms with Gasteiger partial charge in [-0.1, -0.05) is 77.3 Å². The summed E-state index contributed by atoms with van der Waals surface area (Å²) in [6.45, 7) is -0.738. The van der Waals surface area contributed by atoms with E-state index in [0.717, 1.165) is 5.56 Å². The molecule has 6 nitrogen and oxygen atoms in total. The van der Waals surface area contributed by atoms with Gasteiger partial charge in [0.25, 0.3) is 0 Å². The smallest absolute Gasteiger partial charge is 0.410 e. The molecule has 0 unspecified atom stereocenters. The molecule has 154 valence electrons. The fraction of sp³-hybridized carbons (Fsp3) is 0.474. The van der Waals surface area contributed by atoms with Gasteiger partial charge in [-0.05, 0) is 18.4 Å². The first-order valence-electron chi connectivity index (χ1n) is 8.81. The van der Waals surface area contributed by atoms with Crippen molar-refractivity contribution in [2.75, 3.05) is 19.8 Å². The van der Waals surface area contributed by atoms with Gasteiger partial charge in [0.1, 0.15) is 13.2 Å². The van der Waals surface area contributed by atoms with Crippen LogP contribution in [-0.4, -0.2) is 57.8 Å². The lowest BCUT2D eigenvalue weighted by Crippen LogP contribution is -2.42. The summed E-state index contributed by atoms with van der Waals surface area (Å²) >= 11 is 17.0. The molecule has 1 N–H and O–H groups in total. The minimum Gasteiger partial charge on any atom is -0.463 e. The molecule has 0 bridgehead atoms. The topological polar surface area (TPSA) is 76.1 Å². The number of alkyl halides is 3. The molecule has 0 spiro atoms. The summed E-state index contributed by atoms with van der Waals surface area (Å²) in [6, 6.07) is 8.98. The molecule has 2 rings (SSSR count). The van der Waals surface area contributed by atoms with Crippen LogP contribution in [0.15, 0.2) is 36.4 Å². The first-order valence-corrected chi connectivity index (χ1v) is 9.95. The zero-order valence-corrected chi connectivity index (χ0v) is 17.4. The average Bonchev–Trinajstić information content (AvgIpc) is 3.05. The van der Waals surface area contributed by atoms with Crippen molar-refractivity contribution < 1.29 is 24.2 Å². The van der Waals surface area contributed by atoms with Crippen molar-refractivity contribution in [3.05, 3.63) is 42.0 Å². The van der Waals surface area contributed by atoms with Crippen LogP contribution in [0.5, 0.6) is 0 Å². The molecule has 1 aliphatic rings. The Hall–Kier alpha value is -1.47. The zero-order valence-electron chi connectivity index (χ0n) is 15.1. The van der Waals surface area contributed by atoms with E-state index in [4.69, 9.17) is 49.4 Å². The molecule has 1 amide bonds. The molecular weight excluding hydrogens is 429 g/mol. The number of aliphatic hydroxyl groups is 1. The van der Waals surface area contributed by atoms with Gasteiger partial charge in [-0.25, -0.2) is 4.79 Å². The predicted octanol–water partition coefficient (Wildman–Crippen LogP) is 3.97. The van der Waals surface area contributed by atoms with Gasteiger partial charge in [0.05, 0.1) is 19.1 Å². The number of hydrogen-bond acceptors (Lipinski definition) is 5. The molecule has 1 heterocycles. The van der Waals surface area contributed by atoms with Gasteiger partial charge in [-0.15, -0.1) is 0 Å². The van der Waals surface area contributed by atoms with E-state index < -0.39 is 28.5 Å². The molecular formula is C19H22Cl3NO5. The Kier molecular flexibility index (Phi) is 8.89. The minimum atomic E-state index is -1.72. The number of carbonyl (C=O) groups is 2. The van der Waals surface area contributed by atoms with E-state index >= 15 is 0 Å². The molecule has 9 heteroatoms. The lowest BCUT2D eigenvalue weighted by atomic mass is 10.1. The third-order valence-electron chi connectivity index (χ3n) is 4.18. The van der Waals surface area contributed by atoms with E-state index in [1.807, 2.05) is 42.5 Å². The molecule has 1 aromatic rings. The van der Waals surface area contributed by atoms with Gasteiger partial charge in [0, 0.05) is 6.04 Å². The van der Waals surface area contributed by atoms with Crippen molar-refractivity contribution in [3.8, 4) is 0 Å². The number of likely N-dealkylation sites (tertiary alicyclic amines) is 1. The molecule has 0 aliphatic carbocycles. The van der Waals surface area contributed by atoms with Crippen LogP contribution in [-0.2, 0) is 14.3 Å². The van der Waals surface area contributed by atoms with E-state index in [2.05, 4.69) is 0 Å². The van der Waals surface area contributed by atoms with Crippen LogP contribution in [0, 0.1) is 0 Å². The molecule has 0 radical (unpaired) electrons. The van der Waals surface area contributed by atoms with Crippen molar-refractivity contribution in [3.63, 3.8) is 0 Å². The highest BCUT2D eigenvalue weighted by Crippen LogP contribution is 2.31. The molecule has 1 aromatic carbocycles. The average molecular weight is 451 g/mol. The van der Waals surface area contributed by atoms with Crippen molar-refractivity contribution in [1.29, 1.82) is 0 Å². The number of carbonyl (C=O) groups excluding carboxylic acids is 2. The van der Waals surface area contributed by atoms with Crippen LogP contribution in [0.25, 0.3) is 6.08 Å². The Labute approximate surface area is 178 Å². The van der Waals surface area contributed by atoms with E-state index in [0.29, 0.717) is 12.8 Å². The molecule has 0 saturated carbocycles. The van der Waals surface area contributed by atoms with E-state index in [9.17, 15) is 9.59 Å². The first-order chi connectivity index (χ1) is 13.3. The lowest BCUT2D eigenvalue weighted by Gasteiger charge is -2.28. The highest BCUT2D eigenvalue weighted by Gasteiger charge is 2.39. The zero-order chi connectivity index (χ0) is 20.6. The van der Waals surface area contributed by atoms with Gasteiger partial charge in [0.2, 0.25) is 3.79 Å². The van der Waals surface area contributed by atoms with Crippen LogP contribution in [0.3, 0.4) is 0 Å². The normalized spacial score (nSPS) is 19.8. The number of amides is 1. The van der Waals surface area contributed by atoms with Gasteiger partial charge < -0.3 is 14.6 Å². The van der Waals surface area contributed by atoms with Crippen molar-refractivity contribution in [2.24, 2.45) is 0 Å². The van der Waals surface area contributed by atoms with Crippen LogP contribution < -0.4 is 0 Å². The predicted molar refractivity (Wildman–Crippen MR) is 108 cm³/mol. The minimum absolute atomic E-state index is 0.00144. The van der Waals surface area contributed by atoms with Crippen LogP contribution in [0.1, 0.15) is 24.8 Å². The Morgan fingerprint density at radius 1 is 1.18 bits per heavy atom. The quantitative estimate of drug-likeness (QED) is 0.502. The third-order valence-corrected chi connectivity index (χ3v) is 4.51. The summed E-state index contributed by atoms with van der Waals surface area (Å²) in [5.41, 5.74) is 0.989. The standard InChI is InChI=1S/C19H22Cl3NO5/c20-19(21,22)13-28-18(26)23-15(7-6-14-4-2-1-3-5-14)8-9-16(23)12-17(25)27-11-10-24/h1-7,15-16,24H,8-13H2/b7-6+/t15-,16-/m1/s1. The fourth-order valence-electron chi connectivity index (χ4n) is 3.00. The summed E-state index contributed by atoms with van der Waals surface area (Å²) in [6.07, 6.45) is 4.40. The van der Waals surface area contributed by atoms with E-state index in [1.54, 1.807) is 0 Å². The second-order valence-corrected chi connectivity index (χ2v) is 8.81. The van der Waals surface area contributed by atoms with Crippen LogP contribution >= 0.6 is 34.8 Å². The second-order valence-electron chi connectivity index (χ2n) is 6.29. The van der Waals surface area contributed by atoms with Crippen molar-refractivity contribution in [1.82, 2.24) is 4.90 Å². The molecule has 2 atom stereocenters. The lowest BCUT2D eigenvalue weighted by molar-refractivity contribution is -0.145. The first kappa shape index (κ1) is 22.8. The van der Waals surface area contributed by atoms with Gasteiger partial charge >= 0.3 is 12.1 Å². The number of nitrogens with zero attached hydrogens (tertiary/aromatic N) is 1. The number of benzene rings is 1. The summed E-state index contributed by atoms with van der Waals surface area (Å²) < 4.78 is 8.32. The number of aliphatic hydroxyl groups excluding tert-OH is 1. The highest BCUT2D eigenvalue weighted by atomic mass is 35.6. The van der Waals surface area contributed by atoms with Crippen molar-refractivity contribution in [2.45, 2.75) is 35.1 Å². The van der Waals surface area contributed by atoms with Gasteiger partial charge in [-0.2, -0.15) is 0 Å². The molecule has 1 fully saturated rings. The van der Waals surface area contributed by atoms with E-state index in [-0.39, 0.29) is 25.7 Å². The van der Waals surface area contributed by atoms with Crippen molar-refractivity contribution >= 4 is 52.9 Å². The largest absolute Gasteiger partial charge is 0.463 e. The Bertz CT molecular complexity index is 678. The number of ether oxygens (including phenoxy) is 2. The van der Waals surface area contributed by atoms with Gasteiger partial charge in [0.15, 0.2) is 0 Å². The highest BCUT2D eigenvalue weighted by molar-refractivity contribution is 6.67. The molecule has 28 heavy (non-hydrogen) atoms. The summed E-state index contributed by atoms with van der Waals surface area (Å²) in [5.74, 6) is -0.495. The second kappa shape index (κ2) is 10.9. The number of hydrogen-bond donors (Lipinski definition) is 1. The number of halogens is 3. The van der Waals surface area contributed by atoms with Crippen LogP contribution in [0.4, 0.5) is 4.79 Å². The Balaban J connectivity index is 2.10. The SMILES string of the molecule is O=C(C[C@H]1CC[C@@H](/C=C/c2ccccc2)N1C(=O)OCC(Cl)(Cl)Cl)OCCO. The number of rotatable bonds is 7. The molecule has 1 saturated heterocycles. The Morgan fingerprint density at radius 2 is 1.89 bits per heavy atom. The third kappa shape index (κ3) is 7.51. The summed E-state index contributed by atoms with van der Waals surface area (Å²) in [7, 11) is 0. The monoisotopic (exact) mass is 449 g/mol. The fourth-order valence-corrected chi connectivity index (χ4v) is 3.16. The molecule has 0 aromatic heterocycles.